The smallest absolute Gasteiger partial charge is 0.387 e. The molecular weight excluding hydrogens is 364 g/mol. The molecule has 0 aliphatic carbocycles. The van der Waals surface area contributed by atoms with Gasteiger partial charge in [0.05, 0.1) is 0 Å². The van der Waals surface area contributed by atoms with Crippen LogP contribution < -0.4 is 10.5 Å². The highest BCUT2D eigenvalue weighted by atomic mass is 19.3. The minimum Gasteiger partial charge on any atom is -0.435 e. The van der Waals surface area contributed by atoms with Crippen LogP contribution in [0.25, 0.3) is 0 Å². The summed E-state index contributed by atoms with van der Waals surface area (Å²) in [6, 6.07) is 12.4. The van der Waals surface area contributed by atoms with Gasteiger partial charge in [0, 0.05) is 7.05 Å². The molecule has 0 aromatic heterocycles. The molecule has 0 spiro atoms. The van der Waals surface area contributed by atoms with E-state index in [-0.39, 0.29) is 17.6 Å². The van der Waals surface area contributed by atoms with E-state index < -0.39 is 12.2 Å². The van der Waals surface area contributed by atoms with Crippen LogP contribution >= 0.6 is 0 Å². The lowest BCUT2D eigenvalue weighted by molar-refractivity contribution is -0.129. The maximum Gasteiger partial charge on any atom is 0.387 e. The van der Waals surface area contributed by atoms with E-state index >= 15 is 0 Å². The third-order valence-electron chi connectivity index (χ3n) is 4.93. The van der Waals surface area contributed by atoms with Gasteiger partial charge in [-0.2, -0.15) is 8.78 Å². The van der Waals surface area contributed by atoms with Crippen LogP contribution in [-0.4, -0.2) is 30.4 Å². The number of carbonyl (C=O) groups is 1. The van der Waals surface area contributed by atoms with Crippen LogP contribution in [0.2, 0.25) is 0 Å². The number of carbonyl (C=O) groups excluding carboxylic acids is 1. The van der Waals surface area contributed by atoms with Crippen molar-refractivity contribution in [2.24, 2.45) is 10.7 Å². The van der Waals surface area contributed by atoms with E-state index in [0.29, 0.717) is 16.7 Å². The largest absolute Gasteiger partial charge is 0.435 e. The van der Waals surface area contributed by atoms with Gasteiger partial charge in [0.25, 0.3) is 5.91 Å². The average molecular weight is 387 g/mol. The molecule has 1 amide bonds. The van der Waals surface area contributed by atoms with E-state index in [1.165, 1.54) is 11.0 Å². The Balaban J connectivity index is 2.18. The van der Waals surface area contributed by atoms with Crippen molar-refractivity contribution in [3.63, 3.8) is 0 Å². The Morgan fingerprint density at radius 3 is 2.50 bits per heavy atom. The lowest BCUT2D eigenvalue weighted by Gasteiger charge is -2.27. The van der Waals surface area contributed by atoms with E-state index in [1.807, 2.05) is 24.3 Å². The Hall–Kier alpha value is -2.96. The van der Waals surface area contributed by atoms with Gasteiger partial charge in [-0.1, -0.05) is 43.7 Å². The van der Waals surface area contributed by atoms with Crippen molar-refractivity contribution in [1.29, 1.82) is 0 Å². The van der Waals surface area contributed by atoms with Gasteiger partial charge in [-0.25, -0.2) is 4.99 Å². The minimum absolute atomic E-state index is 0.0596. The highest BCUT2D eigenvalue weighted by Gasteiger charge is 2.49. The normalized spacial score (nSPS) is 19.3. The molecule has 0 fully saturated rings. The second-order valence-electron chi connectivity index (χ2n) is 6.85. The predicted molar refractivity (Wildman–Crippen MR) is 103 cm³/mol. The van der Waals surface area contributed by atoms with Crippen LogP contribution in [0.3, 0.4) is 0 Å². The van der Waals surface area contributed by atoms with E-state index in [4.69, 9.17) is 5.73 Å². The molecule has 3 rings (SSSR count). The zero-order valence-corrected chi connectivity index (χ0v) is 16.1. The van der Waals surface area contributed by atoms with Gasteiger partial charge in [0.2, 0.25) is 0 Å². The number of nitrogens with zero attached hydrogens (tertiary/aromatic N) is 2. The minimum atomic E-state index is -2.92. The monoisotopic (exact) mass is 387 g/mol. The summed E-state index contributed by atoms with van der Waals surface area (Å²) in [4.78, 5) is 19.1. The summed E-state index contributed by atoms with van der Waals surface area (Å²) >= 11 is 0. The molecule has 0 saturated heterocycles. The summed E-state index contributed by atoms with van der Waals surface area (Å²) in [5.74, 6) is -0.124. The van der Waals surface area contributed by atoms with Crippen molar-refractivity contribution < 1.29 is 18.3 Å². The first-order chi connectivity index (χ1) is 13.3. The second kappa shape index (κ2) is 7.58. The van der Waals surface area contributed by atoms with Crippen LogP contribution in [0.4, 0.5) is 8.78 Å². The molecular formula is C21H23F2N3O2. The number of alkyl halides is 2. The number of amides is 1. The van der Waals surface area contributed by atoms with Crippen LogP contribution in [-0.2, 0) is 16.8 Å². The SMILES string of the molecule is CCCc1cccc([C@@]2(c3ccc(OC(F)F)c(C)c3)N=C(N)N(C)C2=O)c1. The molecule has 28 heavy (non-hydrogen) atoms. The summed E-state index contributed by atoms with van der Waals surface area (Å²) in [6.45, 7) is 0.814. The Kier molecular flexibility index (Phi) is 5.36. The number of nitrogens with two attached hydrogens (primary N) is 1. The van der Waals surface area contributed by atoms with Gasteiger partial charge in [-0.15, -0.1) is 0 Å². The summed E-state index contributed by atoms with van der Waals surface area (Å²) in [7, 11) is 1.57. The molecule has 148 valence electrons. The molecule has 1 aliphatic rings. The molecule has 0 radical (unpaired) electrons. The summed E-state index contributed by atoms with van der Waals surface area (Å²) in [5, 5.41) is 0. The van der Waals surface area contributed by atoms with E-state index in [0.717, 1.165) is 18.4 Å². The fraction of sp³-hybridized carbons (Fsp3) is 0.333. The number of aryl methyl sites for hydroxylation is 2. The van der Waals surface area contributed by atoms with Crippen LogP contribution in [0.5, 0.6) is 5.75 Å². The number of guanidine groups is 1. The molecule has 5 nitrogen and oxygen atoms in total. The van der Waals surface area contributed by atoms with Crippen molar-refractivity contribution in [3.8, 4) is 5.75 Å². The maximum absolute atomic E-state index is 13.3. The number of halogens is 2. The van der Waals surface area contributed by atoms with E-state index in [9.17, 15) is 13.6 Å². The number of benzene rings is 2. The Morgan fingerprint density at radius 2 is 1.93 bits per heavy atom. The molecule has 0 saturated carbocycles. The standard InChI is InChI=1S/C21H23F2N3O2/c1-4-6-14-7-5-8-15(12-14)21(18(27)26(3)20(24)25-21)16-9-10-17(13(2)11-16)28-19(22)23/h5,7-12,19H,4,6H2,1-3H3,(H2,24,25)/t21-/m0/s1. The molecule has 0 unspecified atom stereocenters. The third kappa shape index (κ3) is 3.32. The van der Waals surface area contributed by atoms with E-state index in [1.54, 1.807) is 26.1 Å². The first-order valence-electron chi connectivity index (χ1n) is 9.08. The van der Waals surface area contributed by atoms with Crippen LogP contribution in [0.1, 0.15) is 35.6 Å². The lowest BCUT2D eigenvalue weighted by atomic mass is 9.81. The highest BCUT2D eigenvalue weighted by molar-refractivity contribution is 6.08. The number of rotatable bonds is 6. The summed E-state index contributed by atoms with van der Waals surface area (Å²) in [5.41, 5.74) is 7.45. The molecule has 1 heterocycles. The second-order valence-corrected chi connectivity index (χ2v) is 6.85. The van der Waals surface area contributed by atoms with Crippen molar-refractivity contribution in [2.75, 3.05) is 7.05 Å². The van der Waals surface area contributed by atoms with Crippen molar-refractivity contribution in [1.82, 2.24) is 4.90 Å². The quantitative estimate of drug-likeness (QED) is 0.824. The Morgan fingerprint density at radius 1 is 1.21 bits per heavy atom. The fourth-order valence-corrected chi connectivity index (χ4v) is 3.53. The maximum atomic E-state index is 13.3. The fourth-order valence-electron chi connectivity index (χ4n) is 3.53. The Labute approximate surface area is 162 Å². The van der Waals surface area contributed by atoms with Crippen LogP contribution in [0.15, 0.2) is 47.5 Å². The summed E-state index contributed by atoms with van der Waals surface area (Å²) in [6.07, 6.45) is 1.84. The predicted octanol–water partition coefficient (Wildman–Crippen LogP) is 3.58. The van der Waals surface area contributed by atoms with Gasteiger partial charge >= 0.3 is 6.61 Å². The summed E-state index contributed by atoms with van der Waals surface area (Å²) < 4.78 is 29.7. The molecule has 0 bridgehead atoms. The van der Waals surface area contributed by atoms with E-state index in [2.05, 4.69) is 16.7 Å². The highest BCUT2D eigenvalue weighted by Crippen LogP contribution is 2.41. The number of aliphatic imine (C=N–C) groups is 1. The molecule has 2 aromatic carbocycles. The van der Waals surface area contributed by atoms with Gasteiger partial charge < -0.3 is 10.5 Å². The molecule has 1 atom stereocenters. The van der Waals surface area contributed by atoms with Gasteiger partial charge in [-0.05, 0) is 47.7 Å². The number of hydrogen-bond donors (Lipinski definition) is 1. The number of likely N-dealkylation sites (N-methyl/N-ethyl adjacent to an activating group) is 1. The van der Waals surface area contributed by atoms with Crippen LogP contribution in [0, 0.1) is 6.92 Å². The van der Waals surface area contributed by atoms with Gasteiger partial charge in [0.1, 0.15) is 5.75 Å². The van der Waals surface area contributed by atoms with Gasteiger partial charge in [-0.3, -0.25) is 9.69 Å². The Bertz CT molecular complexity index is 930. The first-order valence-corrected chi connectivity index (χ1v) is 9.08. The van der Waals surface area contributed by atoms with Crippen molar-refractivity contribution in [3.05, 3.63) is 64.7 Å². The van der Waals surface area contributed by atoms with Crippen molar-refractivity contribution >= 4 is 11.9 Å². The topological polar surface area (TPSA) is 67.9 Å². The zero-order chi connectivity index (χ0) is 20.5. The average Bonchev–Trinajstić information content (AvgIpc) is 2.88. The van der Waals surface area contributed by atoms with Crippen molar-refractivity contribution in [2.45, 2.75) is 38.8 Å². The van der Waals surface area contributed by atoms with Gasteiger partial charge in [0.15, 0.2) is 11.5 Å². The zero-order valence-electron chi connectivity index (χ0n) is 16.1. The lowest BCUT2D eigenvalue weighted by Crippen LogP contribution is -2.41. The number of ether oxygens (including phenoxy) is 1. The first kappa shape index (κ1) is 19.8. The molecule has 2 aromatic rings. The third-order valence-corrected chi connectivity index (χ3v) is 4.93. The molecule has 7 heteroatoms. The molecule has 1 aliphatic heterocycles. The number of hydrogen-bond acceptors (Lipinski definition) is 4. The molecule has 2 N–H and O–H groups in total.